The number of carboxylic acids is 1. The monoisotopic (exact) mass is 508 g/mol. The van der Waals surface area contributed by atoms with Crippen molar-refractivity contribution in [3.8, 4) is 0 Å². The molecule has 0 aromatic heterocycles. The number of carboxylic acid groups (broad SMARTS) is 1. The second kappa shape index (κ2) is 15.4. The summed E-state index contributed by atoms with van der Waals surface area (Å²) >= 11 is 1.53. The first kappa shape index (κ1) is 30.4. The number of thioether (sulfide) groups is 1. The summed E-state index contributed by atoms with van der Waals surface area (Å²) in [7, 11) is 0. The zero-order valence-corrected chi connectivity index (χ0v) is 22.1. The molecule has 0 bridgehead atoms. The van der Waals surface area contributed by atoms with Crippen LogP contribution < -0.4 is 21.7 Å². The van der Waals surface area contributed by atoms with Gasteiger partial charge in [-0.1, -0.05) is 58.0 Å². The van der Waals surface area contributed by atoms with E-state index in [0.717, 1.165) is 5.56 Å². The molecule has 6 N–H and O–H groups in total. The lowest BCUT2D eigenvalue weighted by molar-refractivity contribution is -0.142. The number of nitrogens with one attached hydrogen (secondary N) is 3. The van der Waals surface area contributed by atoms with Crippen molar-refractivity contribution in [3.63, 3.8) is 0 Å². The molecule has 1 rings (SSSR count). The molecule has 1 aromatic carbocycles. The molecule has 0 saturated carbocycles. The van der Waals surface area contributed by atoms with E-state index in [9.17, 15) is 24.3 Å². The Balaban J connectivity index is 3.10. The summed E-state index contributed by atoms with van der Waals surface area (Å²) in [5.74, 6) is -2.13. The zero-order chi connectivity index (χ0) is 26.5. The van der Waals surface area contributed by atoms with Crippen LogP contribution in [0.25, 0.3) is 0 Å². The second-order valence-corrected chi connectivity index (χ2v) is 10.4. The lowest BCUT2D eigenvalue weighted by Crippen LogP contribution is -2.58. The first-order chi connectivity index (χ1) is 16.5. The van der Waals surface area contributed by atoms with Gasteiger partial charge in [-0.15, -0.1) is 0 Å². The largest absolute Gasteiger partial charge is 0.480 e. The number of rotatable bonds is 15. The van der Waals surface area contributed by atoms with Gasteiger partial charge in [0, 0.05) is 6.42 Å². The molecule has 0 aliphatic heterocycles. The summed E-state index contributed by atoms with van der Waals surface area (Å²) < 4.78 is 0. The van der Waals surface area contributed by atoms with E-state index in [1.165, 1.54) is 11.8 Å². The third-order valence-corrected chi connectivity index (χ3v) is 6.15. The van der Waals surface area contributed by atoms with Crippen LogP contribution in [0, 0.1) is 11.8 Å². The van der Waals surface area contributed by atoms with Crippen molar-refractivity contribution >= 4 is 35.5 Å². The number of nitrogens with two attached hydrogens (primary N) is 1. The van der Waals surface area contributed by atoms with Crippen LogP contribution in [0.2, 0.25) is 0 Å². The van der Waals surface area contributed by atoms with Crippen LogP contribution >= 0.6 is 11.8 Å². The van der Waals surface area contributed by atoms with Gasteiger partial charge in [-0.3, -0.25) is 14.4 Å². The highest BCUT2D eigenvalue weighted by Gasteiger charge is 2.31. The SMILES string of the molecule is CSCCC(NC(=O)C(N)C(C)C)C(=O)NC(Cc1ccccc1)C(=O)NC(CC(C)C)C(=O)O. The van der Waals surface area contributed by atoms with Crippen LogP contribution in [-0.2, 0) is 25.6 Å². The van der Waals surface area contributed by atoms with Crippen molar-refractivity contribution in [2.24, 2.45) is 17.6 Å². The molecular weight excluding hydrogens is 468 g/mol. The van der Waals surface area contributed by atoms with E-state index in [-0.39, 0.29) is 24.7 Å². The van der Waals surface area contributed by atoms with Crippen molar-refractivity contribution in [1.29, 1.82) is 0 Å². The summed E-state index contributed by atoms with van der Waals surface area (Å²) in [4.78, 5) is 50.5. The normalized spacial score (nSPS) is 14.6. The Bertz CT molecular complexity index is 834. The number of carbonyl (C=O) groups excluding carboxylic acids is 3. The van der Waals surface area contributed by atoms with Crippen LogP contribution in [0.15, 0.2) is 30.3 Å². The summed E-state index contributed by atoms with van der Waals surface area (Å²) in [5, 5.41) is 17.6. The molecule has 0 fully saturated rings. The van der Waals surface area contributed by atoms with Crippen molar-refractivity contribution in [3.05, 3.63) is 35.9 Å². The Kier molecular flexibility index (Phi) is 13.4. The van der Waals surface area contributed by atoms with E-state index >= 15 is 0 Å². The molecule has 0 aliphatic rings. The smallest absolute Gasteiger partial charge is 0.326 e. The molecule has 0 heterocycles. The van der Waals surface area contributed by atoms with Crippen LogP contribution in [0.1, 0.15) is 46.1 Å². The van der Waals surface area contributed by atoms with Gasteiger partial charge >= 0.3 is 5.97 Å². The average Bonchev–Trinajstić information content (AvgIpc) is 2.80. The fraction of sp³-hybridized carbons (Fsp3) is 0.600. The van der Waals surface area contributed by atoms with Crippen molar-refractivity contribution < 1.29 is 24.3 Å². The van der Waals surface area contributed by atoms with Gasteiger partial charge in [0.15, 0.2) is 0 Å². The predicted molar refractivity (Wildman–Crippen MR) is 139 cm³/mol. The van der Waals surface area contributed by atoms with Crippen molar-refractivity contribution in [1.82, 2.24) is 16.0 Å². The number of hydrogen-bond donors (Lipinski definition) is 5. The highest BCUT2D eigenvalue weighted by Crippen LogP contribution is 2.09. The van der Waals surface area contributed by atoms with Gasteiger partial charge in [-0.05, 0) is 42.2 Å². The molecule has 0 saturated heterocycles. The Hall–Kier alpha value is -2.59. The minimum absolute atomic E-state index is 0.0508. The number of aliphatic carboxylic acids is 1. The topological polar surface area (TPSA) is 151 Å². The Labute approximate surface area is 212 Å². The zero-order valence-electron chi connectivity index (χ0n) is 21.2. The van der Waals surface area contributed by atoms with Crippen LogP contribution in [0.4, 0.5) is 0 Å². The molecule has 10 heteroatoms. The predicted octanol–water partition coefficient (Wildman–Crippen LogP) is 1.55. The fourth-order valence-corrected chi connectivity index (χ4v) is 3.84. The third kappa shape index (κ3) is 11.1. The summed E-state index contributed by atoms with van der Waals surface area (Å²) in [6.45, 7) is 7.37. The molecule has 35 heavy (non-hydrogen) atoms. The summed E-state index contributed by atoms with van der Waals surface area (Å²) in [5.41, 5.74) is 6.74. The highest BCUT2D eigenvalue weighted by molar-refractivity contribution is 7.98. The van der Waals surface area contributed by atoms with Gasteiger partial charge in [0.1, 0.15) is 18.1 Å². The number of amides is 3. The van der Waals surface area contributed by atoms with Crippen molar-refractivity contribution in [2.75, 3.05) is 12.0 Å². The highest BCUT2D eigenvalue weighted by atomic mass is 32.2. The first-order valence-corrected chi connectivity index (χ1v) is 13.3. The number of hydrogen-bond acceptors (Lipinski definition) is 6. The maximum Gasteiger partial charge on any atom is 0.326 e. The van der Waals surface area contributed by atoms with Crippen LogP contribution in [0.5, 0.6) is 0 Å². The Morgan fingerprint density at radius 2 is 1.43 bits per heavy atom. The first-order valence-electron chi connectivity index (χ1n) is 11.9. The molecule has 196 valence electrons. The quantitative estimate of drug-likeness (QED) is 0.241. The van der Waals surface area contributed by atoms with E-state index in [4.69, 9.17) is 5.73 Å². The van der Waals surface area contributed by atoms with Gasteiger partial charge in [0.05, 0.1) is 6.04 Å². The van der Waals surface area contributed by atoms with Gasteiger partial charge in [0.2, 0.25) is 17.7 Å². The van der Waals surface area contributed by atoms with E-state index < -0.39 is 47.9 Å². The standard InChI is InChI=1S/C25H40N4O5S/c1-15(2)13-20(25(33)34)29-23(31)19(14-17-9-7-6-8-10-17)28-22(30)18(11-12-35-5)27-24(32)21(26)16(3)4/h6-10,15-16,18-21H,11-14,26H2,1-5H3,(H,27,32)(H,28,30)(H,29,31)(H,33,34). The Morgan fingerprint density at radius 1 is 0.886 bits per heavy atom. The molecule has 4 atom stereocenters. The molecule has 9 nitrogen and oxygen atoms in total. The second-order valence-electron chi connectivity index (χ2n) is 9.39. The molecular formula is C25H40N4O5S. The van der Waals surface area contributed by atoms with Gasteiger partial charge in [-0.25, -0.2) is 4.79 Å². The lowest BCUT2D eigenvalue weighted by atomic mass is 10.0. The van der Waals surface area contributed by atoms with Crippen LogP contribution in [-0.4, -0.2) is 65.0 Å². The minimum Gasteiger partial charge on any atom is -0.480 e. The van der Waals surface area contributed by atoms with Gasteiger partial charge in [-0.2, -0.15) is 11.8 Å². The molecule has 4 unspecified atom stereocenters. The molecule has 0 spiro atoms. The van der Waals surface area contributed by atoms with E-state index in [1.807, 2.05) is 64.3 Å². The summed E-state index contributed by atoms with van der Waals surface area (Å²) in [6.07, 6.45) is 2.67. The number of benzene rings is 1. The summed E-state index contributed by atoms with van der Waals surface area (Å²) in [6, 6.07) is 5.38. The molecule has 3 amide bonds. The Morgan fingerprint density at radius 3 is 1.94 bits per heavy atom. The van der Waals surface area contributed by atoms with E-state index in [2.05, 4.69) is 16.0 Å². The molecule has 1 aromatic rings. The maximum absolute atomic E-state index is 13.2. The minimum atomic E-state index is -1.13. The lowest BCUT2D eigenvalue weighted by Gasteiger charge is -2.26. The van der Waals surface area contributed by atoms with Gasteiger partial charge in [0.25, 0.3) is 0 Å². The average molecular weight is 509 g/mol. The van der Waals surface area contributed by atoms with Crippen molar-refractivity contribution in [2.45, 2.75) is 71.1 Å². The van der Waals surface area contributed by atoms with Gasteiger partial charge < -0.3 is 26.8 Å². The van der Waals surface area contributed by atoms with E-state index in [1.54, 1.807) is 0 Å². The fourth-order valence-electron chi connectivity index (χ4n) is 3.37. The maximum atomic E-state index is 13.2. The molecule has 0 aliphatic carbocycles. The van der Waals surface area contributed by atoms with Crippen LogP contribution in [0.3, 0.4) is 0 Å². The van der Waals surface area contributed by atoms with E-state index in [0.29, 0.717) is 12.2 Å². The third-order valence-electron chi connectivity index (χ3n) is 5.50. The number of carbonyl (C=O) groups is 4. The molecule has 0 radical (unpaired) electrons.